The second-order valence-electron chi connectivity index (χ2n) is 3.44. The zero-order chi connectivity index (χ0) is 13.8. The van der Waals surface area contributed by atoms with Crippen molar-refractivity contribution in [1.82, 2.24) is 9.97 Å². The van der Waals surface area contributed by atoms with E-state index >= 15 is 0 Å². The van der Waals surface area contributed by atoms with Crippen LogP contribution >= 0.6 is 27.5 Å². The van der Waals surface area contributed by atoms with Gasteiger partial charge in [-0.3, -0.25) is 0 Å². The minimum Gasteiger partial charge on any atom is -0.339 e. The summed E-state index contributed by atoms with van der Waals surface area (Å²) in [5.74, 6) is 0.480. The SMILES string of the molecule is N#Cc1ccc(Nc2nc(Cl)ncc2Br)cc1C#N. The van der Waals surface area contributed by atoms with E-state index in [9.17, 15) is 0 Å². The summed E-state index contributed by atoms with van der Waals surface area (Å²) in [6.07, 6.45) is 1.52. The predicted molar refractivity (Wildman–Crippen MR) is 73.9 cm³/mol. The molecule has 2 aromatic rings. The normalized spacial score (nSPS) is 9.47. The summed E-state index contributed by atoms with van der Waals surface area (Å²) < 4.78 is 0.639. The number of rotatable bonds is 2. The van der Waals surface area contributed by atoms with Gasteiger partial charge in [0.05, 0.1) is 15.6 Å². The average Bonchev–Trinajstić information content (AvgIpc) is 2.42. The molecular formula is C12H5BrClN5. The number of aromatic nitrogens is 2. The first-order chi connectivity index (χ1) is 9.13. The second kappa shape index (κ2) is 5.66. The Morgan fingerprint density at radius 1 is 1.21 bits per heavy atom. The first kappa shape index (κ1) is 13.3. The molecular weight excluding hydrogens is 330 g/mol. The number of hydrogen-bond acceptors (Lipinski definition) is 5. The minimum atomic E-state index is 0.111. The molecule has 5 nitrogen and oxygen atoms in total. The number of halogens is 2. The van der Waals surface area contributed by atoms with Crippen LogP contribution in [0.3, 0.4) is 0 Å². The van der Waals surface area contributed by atoms with E-state index in [-0.39, 0.29) is 5.28 Å². The summed E-state index contributed by atoms with van der Waals surface area (Å²) in [6.45, 7) is 0. The van der Waals surface area contributed by atoms with Crippen LogP contribution in [-0.4, -0.2) is 9.97 Å². The van der Waals surface area contributed by atoms with Gasteiger partial charge in [-0.05, 0) is 45.7 Å². The summed E-state index contributed by atoms with van der Waals surface area (Å²) in [5.41, 5.74) is 1.25. The first-order valence-corrected chi connectivity index (χ1v) is 6.20. The maximum atomic E-state index is 8.95. The van der Waals surface area contributed by atoms with Crippen LogP contribution in [0.5, 0.6) is 0 Å². The van der Waals surface area contributed by atoms with Crippen molar-refractivity contribution in [1.29, 1.82) is 10.5 Å². The van der Waals surface area contributed by atoms with E-state index in [0.717, 1.165) is 0 Å². The van der Waals surface area contributed by atoms with Crippen molar-refractivity contribution in [3.8, 4) is 12.1 Å². The molecule has 0 amide bonds. The predicted octanol–water partition coefficient (Wildman–Crippen LogP) is 3.38. The Morgan fingerprint density at radius 3 is 2.63 bits per heavy atom. The van der Waals surface area contributed by atoms with Gasteiger partial charge in [-0.25, -0.2) is 4.98 Å². The van der Waals surface area contributed by atoms with Crippen LogP contribution in [0.4, 0.5) is 11.5 Å². The summed E-state index contributed by atoms with van der Waals surface area (Å²) in [4.78, 5) is 7.83. The molecule has 19 heavy (non-hydrogen) atoms. The van der Waals surface area contributed by atoms with Gasteiger partial charge in [0.1, 0.15) is 18.0 Å². The molecule has 0 saturated heterocycles. The number of nitrogens with one attached hydrogen (secondary N) is 1. The third-order valence-corrected chi connectivity index (χ3v) is 3.00. The van der Waals surface area contributed by atoms with Gasteiger partial charge >= 0.3 is 0 Å². The summed E-state index contributed by atoms with van der Waals surface area (Å²) in [5, 5.41) is 20.9. The van der Waals surface area contributed by atoms with E-state index in [1.807, 2.05) is 12.1 Å². The third kappa shape index (κ3) is 3.00. The molecule has 0 bridgehead atoms. The van der Waals surface area contributed by atoms with Crippen LogP contribution in [-0.2, 0) is 0 Å². The number of benzene rings is 1. The topological polar surface area (TPSA) is 85.4 Å². The Morgan fingerprint density at radius 2 is 1.95 bits per heavy atom. The monoisotopic (exact) mass is 333 g/mol. The molecule has 1 N–H and O–H groups in total. The second-order valence-corrected chi connectivity index (χ2v) is 4.64. The maximum absolute atomic E-state index is 8.95. The molecule has 0 aliphatic carbocycles. The van der Waals surface area contributed by atoms with Gasteiger partial charge in [0.2, 0.25) is 5.28 Å². The molecule has 0 aliphatic rings. The lowest BCUT2D eigenvalue weighted by Crippen LogP contribution is -1.97. The highest BCUT2D eigenvalue weighted by atomic mass is 79.9. The number of anilines is 2. The first-order valence-electron chi connectivity index (χ1n) is 5.03. The van der Waals surface area contributed by atoms with E-state index < -0.39 is 0 Å². The zero-order valence-corrected chi connectivity index (χ0v) is 11.7. The molecule has 1 heterocycles. The molecule has 0 fully saturated rings. The molecule has 0 spiro atoms. The van der Waals surface area contributed by atoms with E-state index in [4.69, 9.17) is 22.1 Å². The fourth-order valence-corrected chi connectivity index (χ4v) is 1.81. The summed E-state index contributed by atoms with van der Waals surface area (Å²) in [6, 6.07) is 8.74. The summed E-state index contributed by atoms with van der Waals surface area (Å²) >= 11 is 9.00. The van der Waals surface area contributed by atoms with Gasteiger partial charge in [0, 0.05) is 11.9 Å². The molecule has 0 unspecified atom stereocenters. The molecule has 0 saturated carbocycles. The van der Waals surface area contributed by atoms with Crippen LogP contribution in [0.2, 0.25) is 5.28 Å². The highest BCUT2D eigenvalue weighted by Gasteiger charge is 2.07. The van der Waals surface area contributed by atoms with E-state index in [0.29, 0.717) is 27.1 Å². The van der Waals surface area contributed by atoms with Crippen molar-refractivity contribution in [2.24, 2.45) is 0 Å². The standard InChI is InChI=1S/C12H5BrClN5/c13-10-6-17-12(14)19-11(10)18-9-2-1-7(4-15)8(3-9)5-16/h1-3,6H,(H,17,18,19). The van der Waals surface area contributed by atoms with E-state index in [2.05, 4.69) is 31.2 Å². The highest BCUT2D eigenvalue weighted by Crippen LogP contribution is 2.25. The molecule has 0 atom stereocenters. The fourth-order valence-electron chi connectivity index (χ4n) is 1.38. The fraction of sp³-hybridized carbons (Fsp3) is 0. The molecule has 2 rings (SSSR count). The Bertz CT molecular complexity index is 717. The van der Waals surface area contributed by atoms with Gasteiger partial charge in [-0.15, -0.1) is 0 Å². The largest absolute Gasteiger partial charge is 0.339 e. The molecule has 7 heteroatoms. The van der Waals surface area contributed by atoms with Crippen molar-refractivity contribution < 1.29 is 0 Å². The molecule has 92 valence electrons. The van der Waals surface area contributed by atoms with E-state index in [1.165, 1.54) is 6.20 Å². The van der Waals surface area contributed by atoms with Crippen LogP contribution in [0.1, 0.15) is 11.1 Å². The summed E-state index contributed by atoms with van der Waals surface area (Å²) in [7, 11) is 0. The maximum Gasteiger partial charge on any atom is 0.224 e. The minimum absolute atomic E-state index is 0.111. The molecule has 1 aromatic carbocycles. The van der Waals surface area contributed by atoms with Crippen LogP contribution in [0.25, 0.3) is 0 Å². The van der Waals surface area contributed by atoms with E-state index in [1.54, 1.807) is 18.2 Å². The average molecular weight is 335 g/mol. The lowest BCUT2D eigenvalue weighted by Gasteiger charge is -2.08. The smallest absolute Gasteiger partial charge is 0.224 e. The van der Waals surface area contributed by atoms with Crippen molar-refractivity contribution in [3.05, 3.63) is 45.3 Å². The Hall–Kier alpha value is -2.15. The van der Waals surface area contributed by atoms with Crippen molar-refractivity contribution in [2.45, 2.75) is 0 Å². The number of nitrogens with zero attached hydrogens (tertiary/aromatic N) is 4. The van der Waals surface area contributed by atoms with Crippen molar-refractivity contribution >= 4 is 39.0 Å². The van der Waals surface area contributed by atoms with Gasteiger partial charge < -0.3 is 5.32 Å². The zero-order valence-electron chi connectivity index (χ0n) is 9.35. The van der Waals surface area contributed by atoms with Gasteiger partial charge in [-0.1, -0.05) is 0 Å². The molecule has 0 aliphatic heterocycles. The van der Waals surface area contributed by atoms with Gasteiger partial charge in [-0.2, -0.15) is 15.5 Å². The highest BCUT2D eigenvalue weighted by molar-refractivity contribution is 9.10. The quantitative estimate of drug-likeness (QED) is 0.851. The lowest BCUT2D eigenvalue weighted by atomic mass is 10.1. The lowest BCUT2D eigenvalue weighted by molar-refractivity contribution is 1.15. The van der Waals surface area contributed by atoms with Crippen LogP contribution in [0, 0.1) is 22.7 Å². The molecule has 1 aromatic heterocycles. The Balaban J connectivity index is 2.37. The third-order valence-electron chi connectivity index (χ3n) is 2.24. The van der Waals surface area contributed by atoms with Crippen molar-refractivity contribution in [3.63, 3.8) is 0 Å². The molecule has 0 radical (unpaired) electrons. The van der Waals surface area contributed by atoms with Gasteiger partial charge in [0.15, 0.2) is 0 Å². The van der Waals surface area contributed by atoms with Crippen molar-refractivity contribution in [2.75, 3.05) is 5.32 Å². The Labute approximate surface area is 122 Å². The number of hydrogen-bond donors (Lipinski definition) is 1. The Kier molecular flexibility index (Phi) is 3.96. The van der Waals surface area contributed by atoms with Gasteiger partial charge in [0.25, 0.3) is 0 Å². The van der Waals surface area contributed by atoms with Crippen LogP contribution < -0.4 is 5.32 Å². The van der Waals surface area contributed by atoms with Crippen LogP contribution in [0.15, 0.2) is 28.9 Å². The number of nitriles is 2.